The van der Waals surface area contributed by atoms with Gasteiger partial charge in [0.2, 0.25) is 0 Å². The van der Waals surface area contributed by atoms with Gasteiger partial charge in [0, 0.05) is 18.0 Å². The van der Waals surface area contributed by atoms with E-state index in [4.69, 9.17) is 9.84 Å². The Hall–Kier alpha value is -1.20. The van der Waals surface area contributed by atoms with Crippen molar-refractivity contribution >= 4 is 11.3 Å². The molecule has 0 saturated heterocycles. The highest BCUT2D eigenvalue weighted by Gasteiger charge is 2.01. The van der Waals surface area contributed by atoms with E-state index in [2.05, 4.69) is 41.0 Å². The fraction of sp³-hybridized carbons (Fsp3) is 0.333. The van der Waals surface area contributed by atoms with E-state index in [1.807, 2.05) is 6.07 Å². The van der Waals surface area contributed by atoms with Crippen LogP contribution < -0.4 is 5.32 Å². The van der Waals surface area contributed by atoms with Gasteiger partial charge in [-0.05, 0) is 22.6 Å². The Labute approximate surface area is 117 Å². The van der Waals surface area contributed by atoms with Crippen LogP contribution in [0.15, 0.2) is 41.8 Å². The predicted octanol–water partition coefficient (Wildman–Crippen LogP) is 2.51. The molecule has 0 atom stereocenters. The van der Waals surface area contributed by atoms with Crippen molar-refractivity contribution in [1.29, 1.82) is 0 Å². The van der Waals surface area contributed by atoms with E-state index in [0.29, 0.717) is 13.2 Å². The first-order valence-corrected chi connectivity index (χ1v) is 7.30. The van der Waals surface area contributed by atoms with Crippen LogP contribution in [0.3, 0.4) is 0 Å². The van der Waals surface area contributed by atoms with Gasteiger partial charge in [0.1, 0.15) is 0 Å². The topological polar surface area (TPSA) is 41.5 Å². The van der Waals surface area contributed by atoms with Gasteiger partial charge in [0.05, 0.1) is 19.8 Å². The summed E-state index contributed by atoms with van der Waals surface area (Å²) in [6, 6.07) is 12.6. The van der Waals surface area contributed by atoms with E-state index < -0.39 is 0 Å². The lowest BCUT2D eigenvalue weighted by atomic mass is 10.1. The summed E-state index contributed by atoms with van der Waals surface area (Å²) >= 11 is 1.77. The molecular formula is C15H19NO2S. The first-order valence-electron chi connectivity index (χ1n) is 6.42. The number of aliphatic hydroxyl groups is 1. The second kappa shape index (κ2) is 8.07. The van der Waals surface area contributed by atoms with E-state index >= 15 is 0 Å². The van der Waals surface area contributed by atoms with E-state index in [-0.39, 0.29) is 6.61 Å². The van der Waals surface area contributed by atoms with Gasteiger partial charge in [-0.1, -0.05) is 30.3 Å². The summed E-state index contributed by atoms with van der Waals surface area (Å²) in [5, 5.41) is 14.1. The van der Waals surface area contributed by atoms with Crippen LogP contribution in [0.1, 0.15) is 4.88 Å². The molecule has 0 spiro atoms. The smallest absolute Gasteiger partial charge is 0.0698 e. The molecule has 0 amide bonds. The Morgan fingerprint density at radius 1 is 1.11 bits per heavy atom. The Balaban J connectivity index is 1.75. The average Bonchev–Trinajstić information content (AvgIpc) is 2.92. The summed E-state index contributed by atoms with van der Waals surface area (Å²) in [7, 11) is 0. The molecule has 1 aromatic heterocycles. The summed E-state index contributed by atoms with van der Waals surface area (Å²) in [5.74, 6) is 0. The lowest BCUT2D eigenvalue weighted by Crippen LogP contribution is -2.19. The standard InChI is InChI=1S/C15H19NO2S/c17-7-9-18-8-6-16-11-15-10-14(12-19-15)13-4-2-1-3-5-13/h1-5,10,12,16-17H,6-9,11H2. The maximum absolute atomic E-state index is 8.57. The summed E-state index contributed by atoms with van der Waals surface area (Å²) < 4.78 is 5.19. The summed E-state index contributed by atoms with van der Waals surface area (Å²) in [4.78, 5) is 1.32. The van der Waals surface area contributed by atoms with Crippen molar-refractivity contribution in [2.45, 2.75) is 6.54 Å². The fourth-order valence-corrected chi connectivity index (χ4v) is 2.64. The van der Waals surface area contributed by atoms with Gasteiger partial charge in [-0.3, -0.25) is 0 Å². The minimum Gasteiger partial charge on any atom is -0.394 e. The molecule has 0 unspecified atom stereocenters. The number of benzene rings is 1. The molecule has 3 nitrogen and oxygen atoms in total. The van der Waals surface area contributed by atoms with Crippen molar-refractivity contribution in [3.63, 3.8) is 0 Å². The van der Waals surface area contributed by atoms with Crippen molar-refractivity contribution < 1.29 is 9.84 Å². The molecule has 102 valence electrons. The molecule has 2 N–H and O–H groups in total. The second-order valence-electron chi connectivity index (χ2n) is 4.18. The van der Waals surface area contributed by atoms with Gasteiger partial charge in [-0.25, -0.2) is 0 Å². The molecule has 0 bridgehead atoms. The van der Waals surface area contributed by atoms with Crippen molar-refractivity contribution in [3.8, 4) is 11.1 Å². The maximum Gasteiger partial charge on any atom is 0.0698 e. The summed E-state index contributed by atoms with van der Waals surface area (Å²) in [5.41, 5.74) is 2.54. The number of thiophene rings is 1. The third kappa shape index (κ3) is 4.76. The summed E-state index contributed by atoms with van der Waals surface area (Å²) in [6.07, 6.45) is 0. The number of rotatable bonds is 8. The second-order valence-corrected chi connectivity index (χ2v) is 5.18. The third-order valence-corrected chi connectivity index (χ3v) is 3.66. The molecule has 0 saturated carbocycles. The molecular weight excluding hydrogens is 258 g/mol. The zero-order valence-electron chi connectivity index (χ0n) is 10.8. The highest BCUT2D eigenvalue weighted by Crippen LogP contribution is 2.25. The molecule has 2 rings (SSSR count). The molecule has 0 radical (unpaired) electrons. The van der Waals surface area contributed by atoms with Crippen LogP contribution in [-0.4, -0.2) is 31.5 Å². The van der Waals surface area contributed by atoms with Gasteiger partial charge >= 0.3 is 0 Å². The van der Waals surface area contributed by atoms with Crippen LogP contribution >= 0.6 is 11.3 Å². The molecule has 19 heavy (non-hydrogen) atoms. The first-order chi connectivity index (χ1) is 9.40. The van der Waals surface area contributed by atoms with Crippen LogP contribution in [0, 0.1) is 0 Å². The molecule has 1 heterocycles. The monoisotopic (exact) mass is 277 g/mol. The molecule has 0 aliphatic heterocycles. The molecule has 0 aliphatic rings. The van der Waals surface area contributed by atoms with E-state index in [9.17, 15) is 0 Å². The Morgan fingerprint density at radius 3 is 2.74 bits per heavy atom. The highest BCUT2D eigenvalue weighted by molar-refractivity contribution is 7.10. The minimum atomic E-state index is 0.0887. The van der Waals surface area contributed by atoms with Crippen LogP contribution in [0.4, 0.5) is 0 Å². The number of hydrogen-bond acceptors (Lipinski definition) is 4. The predicted molar refractivity (Wildman–Crippen MR) is 79.4 cm³/mol. The van der Waals surface area contributed by atoms with Crippen molar-refractivity contribution in [1.82, 2.24) is 5.32 Å². The minimum absolute atomic E-state index is 0.0887. The zero-order chi connectivity index (χ0) is 13.3. The molecule has 0 fully saturated rings. The maximum atomic E-state index is 8.57. The van der Waals surface area contributed by atoms with Crippen LogP contribution in [0.25, 0.3) is 11.1 Å². The number of nitrogens with one attached hydrogen (secondary N) is 1. The largest absolute Gasteiger partial charge is 0.394 e. The number of hydrogen-bond donors (Lipinski definition) is 2. The van der Waals surface area contributed by atoms with Crippen molar-refractivity contribution in [2.24, 2.45) is 0 Å². The van der Waals surface area contributed by atoms with Crippen LogP contribution in [-0.2, 0) is 11.3 Å². The lowest BCUT2D eigenvalue weighted by Gasteiger charge is -2.03. The van der Waals surface area contributed by atoms with Gasteiger partial charge in [0.25, 0.3) is 0 Å². The van der Waals surface area contributed by atoms with E-state index in [1.54, 1.807) is 11.3 Å². The molecule has 2 aromatic rings. The van der Waals surface area contributed by atoms with Gasteiger partial charge in [0.15, 0.2) is 0 Å². The average molecular weight is 277 g/mol. The van der Waals surface area contributed by atoms with Gasteiger partial charge in [-0.15, -0.1) is 11.3 Å². The summed E-state index contributed by atoms with van der Waals surface area (Å²) in [6.45, 7) is 2.81. The molecule has 4 heteroatoms. The Bertz CT molecular complexity index is 470. The highest BCUT2D eigenvalue weighted by atomic mass is 32.1. The number of aliphatic hydroxyl groups excluding tert-OH is 1. The Morgan fingerprint density at radius 2 is 1.95 bits per heavy atom. The molecule has 1 aromatic carbocycles. The third-order valence-electron chi connectivity index (χ3n) is 2.72. The van der Waals surface area contributed by atoms with Crippen LogP contribution in [0.5, 0.6) is 0 Å². The normalized spacial score (nSPS) is 10.8. The molecule has 0 aliphatic carbocycles. The van der Waals surface area contributed by atoms with Crippen molar-refractivity contribution in [3.05, 3.63) is 46.7 Å². The van der Waals surface area contributed by atoms with Crippen molar-refractivity contribution in [2.75, 3.05) is 26.4 Å². The van der Waals surface area contributed by atoms with Gasteiger partial charge < -0.3 is 15.2 Å². The van der Waals surface area contributed by atoms with E-state index in [1.165, 1.54) is 16.0 Å². The lowest BCUT2D eigenvalue weighted by molar-refractivity contribution is 0.0938. The van der Waals surface area contributed by atoms with Gasteiger partial charge in [-0.2, -0.15) is 0 Å². The fourth-order valence-electron chi connectivity index (χ4n) is 1.78. The quantitative estimate of drug-likeness (QED) is 0.729. The van der Waals surface area contributed by atoms with Crippen LogP contribution in [0.2, 0.25) is 0 Å². The zero-order valence-corrected chi connectivity index (χ0v) is 11.7. The first kappa shape index (κ1) is 14.2. The SMILES string of the molecule is OCCOCCNCc1cc(-c2ccccc2)cs1. The Kier molecular flexibility index (Phi) is 6.04. The van der Waals surface area contributed by atoms with E-state index in [0.717, 1.165) is 13.1 Å². The number of ether oxygens (including phenoxy) is 1.